The van der Waals surface area contributed by atoms with Crippen LogP contribution in [-0.4, -0.2) is 23.5 Å². The third-order valence-electron chi connectivity index (χ3n) is 1.48. The van der Waals surface area contributed by atoms with Gasteiger partial charge in [0.2, 0.25) is 0 Å². The van der Waals surface area contributed by atoms with Crippen molar-refractivity contribution in [3.05, 3.63) is 29.6 Å². The Labute approximate surface area is 109 Å². The van der Waals surface area contributed by atoms with Crippen molar-refractivity contribution in [3.63, 3.8) is 0 Å². The van der Waals surface area contributed by atoms with Crippen LogP contribution in [0.15, 0.2) is 18.3 Å². The molecule has 0 N–H and O–H groups in total. The van der Waals surface area contributed by atoms with Crippen LogP contribution in [0.5, 0.6) is 0 Å². The van der Waals surface area contributed by atoms with Crippen LogP contribution in [-0.2, 0) is 4.74 Å². The van der Waals surface area contributed by atoms with E-state index >= 15 is 0 Å². The fourth-order valence-corrected chi connectivity index (χ4v) is 0.850. The Morgan fingerprint density at radius 3 is 2.53 bits per heavy atom. The molecule has 5 nitrogen and oxygen atoms in total. The molecule has 0 saturated heterocycles. The van der Waals surface area contributed by atoms with E-state index in [4.69, 9.17) is 0 Å². The Balaban J connectivity index is 0.00000196. The molecule has 1 aromatic heterocycles. The Hall–Kier alpha value is -0.910. The van der Waals surface area contributed by atoms with Gasteiger partial charge in [0.1, 0.15) is 0 Å². The Morgan fingerprint density at radius 1 is 1.47 bits per heavy atom. The number of ether oxygens (including phenoxy) is 1. The molecule has 0 aliphatic carbocycles. The molecule has 1 aromatic rings. The number of hydrogen-bond donors (Lipinski definition) is 0. The number of hydrogen-bond acceptors (Lipinski definition) is 5. The zero-order valence-corrected chi connectivity index (χ0v) is 10.5. The maximum Gasteiger partial charge on any atom is 1.00 e. The summed E-state index contributed by atoms with van der Waals surface area (Å²) in [6.07, 6.45) is 1.14. The minimum absolute atomic E-state index is 0. The summed E-state index contributed by atoms with van der Waals surface area (Å²) in [5, 5.41) is 10.3. The Kier molecular flexibility index (Phi) is 6.15. The smallest absolute Gasteiger partial charge is 0.543 e. The molecule has 0 unspecified atom stereocenters. The summed E-state index contributed by atoms with van der Waals surface area (Å²) in [4.78, 5) is 24.9. The molecule has 74 valence electrons. The summed E-state index contributed by atoms with van der Waals surface area (Å²) in [6.45, 7) is 1.95. The zero-order chi connectivity index (χ0) is 10.6. The van der Waals surface area contributed by atoms with Crippen LogP contribution in [0.3, 0.4) is 0 Å². The van der Waals surface area contributed by atoms with E-state index < -0.39 is 11.9 Å². The summed E-state index contributed by atoms with van der Waals surface area (Å²) < 4.78 is 4.69. The molecule has 15 heavy (non-hydrogen) atoms. The van der Waals surface area contributed by atoms with Crippen molar-refractivity contribution in [2.24, 2.45) is 0 Å². The minimum Gasteiger partial charge on any atom is -0.543 e. The van der Waals surface area contributed by atoms with E-state index in [0.717, 1.165) is 6.20 Å². The Bertz CT molecular complexity index is 350. The van der Waals surface area contributed by atoms with Crippen LogP contribution in [0, 0.1) is 0 Å². The largest absolute Gasteiger partial charge is 1.00 e. The molecule has 0 atom stereocenters. The number of aromatic nitrogens is 1. The summed E-state index contributed by atoms with van der Waals surface area (Å²) in [5.74, 6) is -1.90. The van der Waals surface area contributed by atoms with Crippen molar-refractivity contribution >= 4 is 11.9 Å². The molecule has 0 aliphatic heterocycles. The first-order valence-corrected chi connectivity index (χ1v) is 3.99. The molecule has 0 aromatic carbocycles. The summed E-state index contributed by atoms with van der Waals surface area (Å²) >= 11 is 0. The van der Waals surface area contributed by atoms with Crippen LogP contribution >= 0.6 is 0 Å². The second-order valence-corrected chi connectivity index (χ2v) is 2.44. The average molecular weight is 217 g/mol. The van der Waals surface area contributed by atoms with Crippen LogP contribution < -0.4 is 34.7 Å². The van der Waals surface area contributed by atoms with Gasteiger partial charge in [-0.3, -0.25) is 4.98 Å². The fourth-order valence-electron chi connectivity index (χ4n) is 0.850. The topological polar surface area (TPSA) is 79.3 Å². The van der Waals surface area contributed by atoms with Crippen molar-refractivity contribution in [2.45, 2.75) is 6.92 Å². The quantitative estimate of drug-likeness (QED) is 0.390. The second-order valence-electron chi connectivity index (χ2n) is 2.44. The molecule has 0 fully saturated rings. The number of carboxylic acids is 1. The molecule has 0 spiro atoms. The van der Waals surface area contributed by atoms with Crippen LogP contribution in [0.2, 0.25) is 0 Å². The normalized spacial score (nSPS) is 8.87. The molecular weight excluding hydrogens is 209 g/mol. The van der Waals surface area contributed by atoms with Gasteiger partial charge in [0, 0.05) is 6.20 Å². The Morgan fingerprint density at radius 2 is 2.13 bits per heavy atom. The van der Waals surface area contributed by atoms with Gasteiger partial charge in [-0.2, -0.15) is 0 Å². The maximum absolute atomic E-state index is 11.1. The van der Waals surface area contributed by atoms with Gasteiger partial charge in [-0.15, -0.1) is 0 Å². The van der Waals surface area contributed by atoms with Crippen LogP contribution in [0.1, 0.15) is 27.8 Å². The molecule has 0 bridgehead atoms. The van der Waals surface area contributed by atoms with Gasteiger partial charge in [-0.25, -0.2) is 4.79 Å². The van der Waals surface area contributed by atoms with Gasteiger partial charge in [-0.1, -0.05) is 0 Å². The van der Waals surface area contributed by atoms with E-state index in [-0.39, 0.29) is 47.4 Å². The number of nitrogens with zero attached hydrogens (tertiary/aromatic N) is 1. The van der Waals surface area contributed by atoms with Crippen LogP contribution in [0.4, 0.5) is 0 Å². The summed E-state index contributed by atoms with van der Waals surface area (Å²) in [7, 11) is 0. The standard InChI is InChI=1S/C9H9NO4.Na/c1-2-14-9(13)6-3-4-7(8(11)12)10-5-6;/h3-5H,2H2,1H3,(H,11,12);/q;+1/p-1. The summed E-state index contributed by atoms with van der Waals surface area (Å²) in [6, 6.07) is 2.53. The molecule has 0 aliphatic rings. The number of carbonyl (C=O) groups excluding carboxylic acids is 2. The van der Waals surface area contributed by atoms with E-state index in [0.29, 0.717) is 0 Å². The predicted octanol–water partition coefficient (Wildman–Crippen LogP) is -3.37. The fraction of sp³-hybridized carbons (Fsp3) is 0.222. The number of carboxylic acid groups (broad SMARTS) is 1. The molecular formula is C9H8NNaO4. The number of rotatable bonds is 3. The van der Waals surface area contributed by atoms with E-state index in [9.17, 15) is 14.7 Å². The monoisotopic (exact) mass is 217 g/mol. The first-order chi connectivity index (χ1) is 6.65. The van der Waals surface area contributed by atoms with Crippen molar-refractivity contribution in [1.29, 1.82) is 0 Å². The summed E-state index contributed by atoms with van der Waals surface area (Å²) in [5.41, 5.74) is 0.00917. The van der Waals surface area contributed by atoms with Gasteiger partial charge in [0.05, 0.1) is 23.8 Å². The average Bonchev–Trinajstić information content (AvgIpc) is 2.18. The third-order valence-corrected chi connectivity index (χ3v) is 1.48. The van der Waals surface area contributed by atoms with E-state index in [2.05, 4.69) is 9.72 Å². The number of esters is 1. The van der Waals surface area contributed by atoms with Gasteiger partial charge in [0.15, 0.2) is 0 Å². The number of carbonyl (C=O) groups is 2. The van der Waals surface area contributed by atoms with E-state index in [1.807, 2.05) is 0 Å². The van der Waals surface area contributed by atoms with E-state index in [1.54, 1.807) is 6.92 Å². The predicted molar refractivity (Wildman–Crippen MR) is 44.5 cm³/mol. The van der Waals surface area contributed by atoms with Crippen molar-refractivity contribution in [3.8, 4) is 0 Å². The van der Waals surface area contributed by atoms with Crippen LogP contribution in [0.25, 0.3) is 0 Å². The van der Waals surface area contributed by atoms with Gasteiger partial charge >= 0.3 is 35.5 Å². The zero-order valence-electron chi connectivity index (χ0n) is 8.52. The number of aromatic carboxylic acids is 1. The molecule has 1 heterocycles. The van der Waals surface area contributed by atoms with Crippen molar-refractivity contribution in [1.82, 2.24) is 4.98 Å². The molecule has 1 rings (SSSR count). The molecule has 0 saturated carbocycles. The molecule has 6 heteroatoms. The number of pyridine rings is 1. The second kappa shape index (κ2) is 6.55. The first kappa shape index (κ1) is 14.1. The first-order valence-electron chi connectivity index (χ1n) is 3.99. The molecule has 0 amide bonds. The van der Waals surface area contributed by atoms with Crippen molar-refractivity contribution in [2.75, 3.05) is 6.61 Å². The van der Waals surface area contributed by atoms with Crippen molar-refractivity contribution < 1.29 is 49.0 Å². The van der Waals surface area contributed by atoms with Gasteiger partial charge in [0.25, 0.3) is 0 Å². The minimum atomic E-state index is -1.37. The molecule has 0 radical (unpaired) electrons. The van der Waals surface area contributed by atoms with E-state index in [1.165, 1.54) is 12.1 Å². The van der Waals surface area contributed by atoms with Gasteiger partial charge in [-0.05, 0) is 19.1 Å². The maximum atomic E-state index is 11.1. The third kappa shape index (κ3) is 3.99. The van der Waals surface area contributed by atoms with Gasteiger partial charge < -0.3 is 14.6 Å². The SMILES string of the molecule is CCOC(=O)c1ccc(C(=O)[O-])nc1.[Na+].